The van der Waals surface area contributed by atoms with E-state index in [0.29, 0.717) is 17.1 Å². The summed E-state index contributed by atoms with van der Waals surface area (Å²) in [5.41, 5.74) is 1.90. The SMILES string of the molecule is COc1ccc(COC(=O)C2=C(C[O-])CSC3C(NC(=O)Cc4ccccc4)C(=O)N23)cc1.[Na+]. The zero-order valence-corrected chi connectivity index (χ0v) is 21.8. The third-order valence-electron chi connectivity index (χ3n) is 5.47. The molecule has 172 valence electrons. The summed E-state index contributed by atoms with van der Waals surface area (Å²) in [7, 11) is 1.56. The number of ether oxygens (including phenoxy) is 2. The molecule has 2 heterocycles. The number of hydrogen-bond acceptors (Lipinski definition) is 7. The number of carbonyl (C=O) groups is 3. The Morgan fingerprint density at radius 3 is 2.47 bits per heavy atom. The average molecular weight is 491 g/mol. The van der Waals surface area contributed by atoms with Gasteiger partial charge in [-0.25, -0.2) is 4.79 Å². The summed E-state index contributed by atoms with van der Waals surface area (Å²) >= 11 is 1.36. The average Bonchev–Trinajstić information content (AvgIpc) is 2.85. The van der Waals surface area contributed by atoms with Crippen molar-refractivity contribution < 1.29 is 58.5 Å². The van der Waals surface area contributed by atoms with Gasteiger partial charge in [0.2, 0.25) is 5.91 Å². The summed E-state index contributed by atoms with van der Waals surface area (Å²) in [5, 5.41) is 14.0. The molecule has 10 heteroatoms. The fraction of sp³-hybridized carbons (Fsp3) is 0.292. The number of fused-ring (bicyclic) bond motifs is 1. The normalized spacial score (nSPS) is 18.9. The number of carbonyl (C=O) groups excluding carboxylic acids is 3. The number of nitrogens with one attached hydrogen (secondary N) is 1. The van der Waals surface area contributed by atoms with Crippen molar-refractivity contribution in [3.05, 3.63) is 77.0 Å². The summed E-state index contributed by atoms with van der Waals surface area (Å²) in [6.07, 6.45) is 0.153. The molecule has 8 nitrogen and oxygen atoms in total. The van der Waals surface area contributed by atoms with Crippen LogP contribution in [0.5, 0.6) is 5.75 Å². The predicted molar refractivity (Wildman–Crippen MR) is 120 cm³/mol. The van der Waals surface area contributed by atoms with Gasteiger partial charge < -0.3 is 19.9 Å². The van der Waals surface area contributed by atoms with Gasteiger partial charge >= 0.3 is 35.5 Å². The van der Waals surface area contributed by atoms with Crippen LogP contribution in [0.3, 0.4) is 0 Å². The zero-order chi connectivity index (χ0) is 23.4. The molecule has 0 radical (unpaired) electrons. The largest absolute Gasteiger partial charge is 1.00 e. The molecule has 4 rings (SSSR count). The predicted octanol–water partition coefficient (Wildman–Crippen LogP) is -2.00. The van der Waals surface area contributed by atoms with Gasteiger partial charge in [0, 0.05) is 5.75 Å². The van der Waals surface area contributed by atoms with E-state index in [1.807, 2.05) is 30.3 Å². The van der Waals surface area contributed by atoms with Gasteiger partial charge in [-0.15, -0.1) is 18.4 Å². The van der Waals surface area contributed by atoms with E-state index in [9.17, 15) is 19.5 Å². The number of nitrogens with zero attached hydrogens (tertiary/aromatic N) is 1. The fourth-order valence-electron chi connectivity index (χ4n) is 3.73. The van der Waals surface area contributed by atoms with Crippen molar-refractivity contribution in [2.45, 2.75) is 24.4 Å². The molecule has 0 aromatic heterocycles. The van der Waals surface area contributed by atoms with Crippen LogP contribution in [0.1, 0.15) is 11.1 Å². The van der Waals surface area contributed by atoms with Crippen molar-refractivity contribution in [2.24, 2.45) is 0 Å². The van der Waals surface area contributed by atoms with E-state index in [1.54, 1.807) is 31.4 Å². The van der Waals surface area contributed by atoms with Crippen LogP contribution in [-0.2, 0) is 32.1 Å². The van der Waals surface area contributed by atoms with Crippen molar-refractivity contribution >= 4 is 29.5 Å². The van der Waals surface area contributed by atoms with Crippen LogP contribution in [-0.4, -0.2) is 53.6 Å². The van der Waals surface area contributed by atoms with E-state index >= 15 is 0 Å². The quantitative estimate of drug-likeness (QED) is 0.259. The summed E-state index contributed by atoms with van der Waals surface area (Å²) in [5.74, 6) is -0.432. The van der Waals surface area contributed by atoms with E-state index in [1.165, 1.54) is 16.7 Å². The molecule has 2 unspecified atom stereocenters. The number of rotatable bonds is 8. The number of β-lactam (4-membered cyclic amide) rings is 1. The van der Waals surface area contributed by atoms with Crippen molar-refractivity contribution in [3.8, 4) is 5.75 Å². The maximum atomic E-state index is 12.8. The molecule has 1 fully saturated rings. The van der Waals surface area contributed by atoms with Crippen molar-refractivity contribution in [2.75, 3.05) is 19.5 Å². The molecular weight excluding hydrogens is 467 g/mol. The van der Waals surface area contributed by atoms with Crippen LogP contribution in [0.25, 0.3) is 0 Å². The molecule has 2 aliphatic heterocycles. The Morgan fingerprint density at radius 1 is 1.12 bits per heavy atom. The van der Waals surface area contributed by atoms with Crippen LogP contribution in [0.2, 0.25) is 0 Å². The third-order valence-corrected chi connectivity index (χ3v) is 6.81. The molecule has 1 saturated heterocycles. The molecule has 2 aromatic rings. The first kappa shape index (κ1) is 26.3. The topological polar surface area (TPSA) is 108 Å². The monoisotopic (exact) mass is 490 g/mol. The molecule has 2 aromatic carbocycles. The molecule has 0 spiro atoms. The van der Waals surface area contributed by atoms with Crippen LogP contribution >= 0.6 is 11.8 Å². The molecule has 0 aliphatic carbocycles. The summed E-state index contributed by atoms with van der Waals surface area (Å²) in [4.78, 5) is 39.4. The Morgan fingerprint density at radius 2 is 1.82 bits per heavy atom. The number of hydrogen-bond donors (Lipinski definition) is 1. The number of thioether (sulfide) groups is 1. The molecule has 34 heavy (non-hydrogen) atoms. The number of methoxy groups -OCH3 is 1. The first-order chi connectivity index (χ1) is 16.0. The Kier molecular flexibility index (Phi) is 9.21. The van der Waals surface area contributed by atoms with E-state index in [2.05, 4.69) is 5.32 Å². The first-order valence-corrected chi connectivity index (χ1v) is 11.4. The maximum absolute atomic E-state index is 12.8. The smallest absolute Gasteiger partial charge is 0.851 e. The minimum Gasteiger partial charge on any atom is -0.851 e. The van der Waals surface area contributed by atoms with Crippen molar-refractivity contribution in [1.29, 1.82) is 0 Å². The van der Waals surface area contributed by atoms with Gasteiger partial charge in [0.1, 0.15) is 29.5 Å². The van der Waals surface area contributed by atoms with Crippen molar-refractivity contribution in [3.63, 3.8) is 0 Å². The van der Waals surface area contributed by atoms with E-state index in [4.69, 9.17) is 9.47 Å². The Bertz CT molecular complexity index is 1080. The van der Waals surface area contributed by atoms with Gasteiger partial charge in [-0.3, -0.25) is 14.5 Å². The third kappa shape index (κ3) is 5.67. The second kappa shape index (κ2) is 11.9. The fourth-order valence-corrected chi connectivity index (χ4v) is 5.05. The first-order valence-electron chi connectivity index (χ1n) is 10.4. The van der Waals surface area contributed by atoms with Gasteiger partial charge in [0.05, 0.1) is 13.5 Å². The van der Waals surface area contributed by atoms with Gasteiger partial charge in [-0.1, -0.05) is 42.5 Å². The maximum Gasteiger partial charge on any atom is 1.00 e. The van der Waals surface area contributed by atoms with E-state index in [-0.39, 0.29) is 54.2 Å². The molecule has 2 aliphatic rings. The van der Waals surface area contributed by atoms with E-state index < -0.39 is 29.9 Å². The second-order valence-electron chi connectivity index (χ2n) is 7.64. The van der Waals surface area contributed by atoms with Gasteiger partial charge in [-0.2, -0.15) is 0 Å². The van der Waals surface area contributed by atoms with Crippen LogP contribution in [0, 0.1) is 0 Å². The number of benzene rings is 2. The zero-order valence-electron chi connectivity index (χ0n) is 19.0. The molecule has 0 saturated carbocycles. The standard InChI is InChI=1S/C24H23N2O6S.Na/c1-31-18-9-7-16(8-10-18)13-32-24(30)21-17(12-27)14-33-23-20(22(29)26(21)23)25-19(28)11-15-5-3-2-4-6-15;/h2-10,20,23H,11-14H2,1H3,(H,25,28);/q-1;+1. The Labute approximate surface area is 224 Å². The second-order valence-corrected chi connectivity index (χ2v) is 8.74. The van der Waals surface area contributed by atoms with E-state index in [0.717, 1.165) is 11.1 Å². The molecular formula is C24H23N2NaO6S. The van der Waals surface area contributed by atoms with Gasteiger partial charge in [0.15, 0.2) is 0 Å². The molecule has 2 atom stereocenters. The van der Waals surface area contributed by atoms with Crippen LogP contribution < -0.4 is 44.7 Å². The summed E-state index contributed by atoms with van der Waals surface area (Å²) in [6, 6.07) is 15.5. The Hall–Kier alpha value is -2.30. The summed E-state index contributed by atoms with van der Waals surface area (Å²) in [6.45, 7) is -0.614. The van der Waals surface area contributed by atoms with Gasteiger partial charge in [-0.05, 0) is 28.8 Å². The minimum atomic E-state index is -0.746. The van der Waals surface area contributed by atoms with Gasteiger partial charge in [0.25, 0.3) is 5.91 Å². The number of esters is 1. The minimum absolute atomic E-state index is 0. The molecule has 0 bridgehead atoms. The van der Waals surface area contributed by atoms with Crippen LogP contribution in [0.4, 0.5) is 0 Å². The Balaban J connectivity index is 0.00000324. The molecule has 1 N–H and O–H groups in total. The van der Waals surface area contributed by atoms with Crippen molar-refractivity contribution in [1.82, 2.24) is 10.2 Å². The summed E-state index contributed by atoms with van der Waals surface area (Å²) < 4.78 is 10.5. The van der Waals surface area contributed by atoms with Crippen LogP contribution in [0.15, 0.2) is 65.9 Å². The molecule has 2 amide bonds. The number of amides is 2.